The second kappa shape index (κ2) is 7.28. The van der Waals surface area contributed by atoms with Crippen molar-refractivity contribution in [1.29, 1.82) is 0 Å². The Morgan fingerprint density at radius 3 is 2.55 bits per heavy atom. The molecule has 1 saturated heterocycles. The summed E-state index contributed by atoms with van der Waals surface area (Å²) in [6, 6.07) is 0. The van der Waals surface area contributed by atoms with Gasteiger partial charge in [-0.25, -0.2) is 0 Å². The van der Waals surface area contributed by atoms with Gasteiger partial charge in [-0.1, -0.05) is 20.8 Å². The second-order valence-corrected chi connectivity index (χ2v) is 7.29. The fraction of sp³-hybridized carbons (Fsp3) is 0.941. The Kier molecular flexibility index (Phi) is 5.86. The first-order valence-electron chi connectivity index (χ1n) is 8.39. The van der Waals surface area contributed by atoms with Crippen LogP contribution in [0.15, 0.2) is 0 Å². The molecule has 2 aliphatic rings. The number of aliphatic hydroxyl groups is 1. The third-order valence-corrected chi connectivity index (χ3v) is 5.41. The molecule has 0 radical (unpaired) electrons. The van der Waals surface area contributed by atoms with Gasteiger partial charge in [0, 0.05) is 13.0 Å². The van der Waals surface area contributed by atoms with Gasteiger partial charge in [0.15, 0.2) is 0 Å². The standard InChI is InChI=1S/C17H30O5/c1-11(2)5-6-13(19)12(3)15-16(20-4)14(21-10-18)7-8-17(15)9-22-17/h10-16,19H,5-9H2,1-4H3/t12-,13-,14?,15?,16?,17+/m1/s1. The molecule has 1 heterocycles. The summed E-state index contributed by atoms with van der Waals surface area (Å²) in [6.45, 7) is 7.60. The van der Waals surface area contributed by atoms with Gasteiger partial charge < -0.3 is 19.3 Å². The van der Waals surface area contributed by atoms with Crippen LogP contribution < -0.4 is 0 Å². The predicted molar refractivity (Wildman–Crippen MR) is 82.4 cm³/mol. The lowest BCUT2D eigenvalue weighted by Crippen LogP contribution is -2.53. The molecule has 1 spiro atoms. The summed E-state index contributed by atoms with van der Waals surface area (Å²) < 4.78 is 16.7. The topological polar surface area (TPSA) is 68.3 Å². The average Bonchev–Trinajstić information content (AvgIpc) is 3.26. The molecule has 3 unspecified atom stereocenters. The highest BCUT2D eigenvalue weighted by molar-refractivity contribution is 5.37. The molecule has 6 atom stereocenters. The highest BCUT2D eigenvalue weighted by Crippen LogP contribution is 2.51. The van der Waals surface area contributed by atoms with Gasteiger partial charge in [-0.3, -0.25) is 4.79 Å². The zero-order valence-corrected chi connectivity index (χ0v) is 14.2. The summed E-state index contributed by atoms with van der Waals surface area (Å²) in [5.74, 6) is 0.673. The number of ether oxygens (including phenoxy) is 3. The van der Waals surface area contributed by atoms with Crippen molar-refractivity contribution in [3.05, 3.63) is 0 Å². The fourth-order valence-corrected chi connectivity index (χ4v) is 3.98. The molecule has 1 aliphatic heterocycles. The highest BCUT2D eigenvalue weighted by atomic mass is 16.6. The molecular formula is C17H30O5. The van der Waals surface area contributed by atoms with Gasteiger partial charge in [0.1, 0.15) is 12.2 Å². The first-order valence-corrected chi connectivity index (χ1v) is 8.39. The van der Waals surface area contributed by atoms with E-state index in [1.165, 1.54) is 0 Å². The number of hydrogen-bond acceptors (Lipinski definition) is 5. The molecule has 128 valence electrons. The lowest BCUT2D eigenvalue weighted by Gasteiger charge is -2.44. The Hall–Kier alpha value is -0.650. The predicted octanol–water partition coefficient (Wildman–Crippen LogP) is 2.16. The fourth-order valence-electron chi connectivity index (χ4n) is 3.98. The molecule has 22 heavy (non-hydrogen) atoms. The average molecular weight is 314 g/mol. The normalized spacial score (nSPS) is 37.1. The van der Waals surface area contributed by atoms with Crippen LogP contribution in [0.2, 0.25) is 0 Å². The lowest BCUT2D eigenvalue weighted by molar-refractivity contribution is -0.161. The van der Waals surface area contributed by atoms with Crippen molar-refractivity contribution in [2.75, 3.05) is 13.7 Å². The van der Waals surface area contributed by atoms with Gasteiger partial charge in [-0.15, -0.1) is 0 Å². The number of carbonyl (C=O) groups excluding carboxylic acids is 1. The molecule has 5 heteroatoms. The van der Waals surface area contributed by atoms with Gasteiger partial charge in [-0.2, -0.15) is 0 Å². The Labute approximate surface area is 133 Å². The van der Waals surface area contributed by atoms with E-state index in [4.69, 9.17) is 14.2 Å². The van der Waals surface area contributed by atoms with E-state index < -0.39 is 0 Å². The summed E-state index contributed by atoms with van der Waals surface area (Å²) in [6.07, 6.45) is 2.53. The van der Waals surface area contributed by atoms with Crippen LogP contribution in [0.1, 0.15) is 46.5 Å². The zero-order chi connectivity index (χ0) is 16.3. The molecule has 0 aromatic carbocycles. The summed E-state index contributed by atoms with van der Waals surface area (Å²) in [7, 11) is 1.65. The monoisotopic (exact) mass is 314 g/mol. The zero-order valence-electron chi connectivity index (χ0n) is 14.2. The van der Waals surface area contributed by atoms with Crippen molar-refractivity contribution in [3.63, 3.8) is 0 Å². The lowest BCUT2D eigenvalue weighted by atomic mass is 9.68. The quantitative estimate of drug-likeness (QED) is 0.549. The van der Waals surface area contributed by atoms with E-state index in [-0.39, 0.29) is 35.7 Å². The largest absolute Gasteiger partial charge is 0.462 e. The number of rotatable bonds is 8. The smallest absolute Gasteiger partial charge is 0.293 e. The molecule has 2 rings (SSSR count). The van der Waals surface area contributed by atoms with Crippen LogP contribution in [0, 0.1) is 17.8 Å². The van der Waals surface area contributed by atoms with Crippen molar-refractivity contribution in [1.82, 2.24) is 0 Å². The van der Waals surface area contributed by atoms with Crippen LogP contribution >= 0.6 is 0 Å². The van der Waals surface area contributed by atoms with Crippen LogP contribution in [0.5, 0.6) is 0 Å². The van der Waals surface area contributed by atoms with Crippen LogP contribution in [0.4, 0.5) is 0 Å². The van der Waals surface area contributed by atoms with Crippen molar-refractivity contribution < 1.29 is 24.1 Å². The highest BCUT2D eigenvalue weighted by Gasteiger charge is 2.61. The Bertz CT molecular complexity index is 366. The molecule has 0 amide bonds. The molecule has 0 aromatic heterocycles. The van der Waals surface area contributed by atoms with Crippen molar-refractivity contribution in [2.45, 2.75) is 70.4 Å². The minimum Gasteiger partial charge on any atom is -0.462 e. The molecular weight excluding hydrogens is 284 g/mol. The van der Waals surface area contributed by atoms with Gasteiger partial charge in [-0.05, 0) is 37.5 Å². The summed E-state index contributed by atoms with van der Waals surface area (Å²) in [5.41, 5.74) is -0.193. The second-order valence-electron chi connectivity index (χ2n) is 7.29. The van der Waals surface area contributed by atoms with Gasteiger partial charge in [0.25, 0.3) is 6.47 Å². The van der Waals surface area contributed by atoms with Crippen molar-refractivity contribution in [2.24, 2.45) is 17.8 Å². The Balaban J connectivity index is 2.10. The van der Waals surface area contributed by atoms with Crippen LogP contribution in [0.25, 0.3) is 0 Å². The number of carbonyl (C=O) groups is 1. The minimum atomic E-state index is -0.388. The third kappa shape index (κ3) is 3.63. The first kappa shape index (κ1) is 17.7. The van der Waals surface area contributed by atoms with Crippen LogP contribution in [-0.4, -0.2) is 49.2 Å². The van der Waals surface area contributed by atoms with E-state index in [1.807, 2.05) is 0 Å². The maximum atomic E-state index is 10.7. The molecule has 1 aliphatic carbocycles. The number of aliphatic hydroxyl groups excluding tert-OH is 1. The van der Waals surface area contributed by atoms with E-state index in [2.05, 4.69) is 20.8 Å². The van der Waals surface area contributed by atoms with Gasteiger partial charge in [0.05, 0.1) is 18.3 Å². The van der Waals surface area contributed by atoms with Crippen molar-refractivity contribution in [3.8, 4) is 0 Å². The SMILES string of the molecule is COC1C(OC=O)CC[C@]2(CO2)C1[C@H](C)[C@H](O)CCC(C)C. The Morgan fingerprint density at radius 1 is 1.36 bits per heavy atom. The maximum absolute atomic E-state index is 10.7. The van der Waals surface area contributed by atoms with E-state index in [9.17, 15) is 9.90 Å². The number of methoxy groups -OCH3 is 1. The molecule has 5 nitrogen and oxygen atoms in total. The molecule has 1 N–H and O–H groups in total. The third-order valence-electron chi connectivity index (χ3n) is 5.41. The number of hydrogen-bond donors (Lipinski definition) is 1. The van der Waals surface area contributed by atoms with E-state index in [1.54, 1.807) is 7.11 Å². The van der Waals surface area contributed by atoms with E-state index >= 15 is 0 Å². The van der Waals surface area contributed by atoms with Crippen LogP contribution in [0.3, 0.4) is 0 Å². The van der Waals surface area contributed by atoms with E-state index in [0.29, 0.717) is 19.0 Å². The summed E-state index contributed by atoms with van der Waals surface area (Å²) in [4.78, 5) is 10.7. The molecule has 0 bridgehead atoms. The summed E-state index contributed by atoms with van der Waals surface area (Å²) in [5, 5.41) is 10.6. The van der Waals surface area contributed by atoms with Crippen LogP contribution in [-0.2, 0) is 19.0 Å². The Morgan fingerprint density at radius 2 is 2.05 bits per heavy atom. The van der Waals surface area contributed by atoms with Crippen molar-refractivity contribution >= 4 is 6.47 Å². The first-order chi connectivity index (χ1) is 10.4. The number of epoxide rings is 1. The van der Waals surface area contributed by atoms with Gasteiger partial charge in [0.2, 0.25) is 0 Å². The maximum Gasteiger partial charge on any atom is 0.293 e. The summed E-state index contributed by atoms with van der Waals surface area (Å²) >= 11 is 0. The van der Waals surface area contributed by atoms with Gasteiger partial charge >= 0.3 is 0 Å². The molecule has 1 saturated carbocycles. The minimum absolute atomic E-state index is 0.0456. The van der Waals surface area contributed by atoms with E-state index in [0.717, 1.165) is 25.7 Å². The molecule has 0 aromatic rings. The molecule has 2 fully saturated rings.